The van der Waals surface area contributed by atoms with Crippen molar-refractivity contribution in [2.45, 2.75) is 13.5 Å². The number of furan rings is 1. The lowest BCUT2D eigenvalue weighted by Crippen LogP contribution is -1.92. The van der Waals surface area contributed by atoms with Gasteiger partial charge in [0, 0.05) is 16.6 Å². The fourth-order valence-corrected chi connectivity index (χ4v) is 2.02. The molecule has 3 heteroatoms. The molecule has 0 saturated heterocycles. The molecular formula is C15H14N2O. The van der Waals surface area contributed by atoms with Gasteiger partial charge in [-0.25, -0.2) is 0 Å². The van der Waals surface area contributed by atoms with E-state index >= 15 is 0 Å². The van der Waals surface area contributed by atoms with Crippen LogP contribution in [-0.4, -0.2) is 4.98 Å². The summed E-state index contributed by atoms with van der Waals surface area (Å²) in [6, 6.07) is 14.1. The molecular weight excluding hydrogens is 224 g/mol. The first-order valence-electron chi connectivity index (χ1n) is 5.93. The third kappa shape index (κ3) is 1.89. The molecule has 2 aromatic heterocycles. The molecule has 2 N–H and O–H groups in total. The fourth-order valence-electron chi connectivity index (χ4n) is 2.02. The predicted octanol–water partition coefficient (Wildman–Crippen LogP) is 3.26. The lowest BCUT2D eigenvalue weighted by Gasteiger charge is -2.02. The zero-order chi connectivity index (χ0) is 12.5. The van der Waals surface area contributed by atoms with Gasteiger partial charge in [0.25, 0.3) is 0 Å². The summed E-state index contributed by atoms with van der Waals surface area (Å²) >= 11 is 0. The summed E-state index contributed by atoms with van der Waals surface area (Å²) in [6.07, 6.45) is 0. The van der Waals surface area contributed by atoms with Gasteiger partial charge in [-0.3, -0.25) is 4.98 Å². The minimum Gasteiger partial charge on any atom is -0.460 e. The molecule has 2 heterocycles. The van der Waals surface area contributed by atoms with E-state index in [0.29, 0.717) is 6.54 Å². The van der Waals surface area contributed by atoms with Crippen molar-refractivity contribution in [1.82, 2.24) is 4.98 Å². The van der Waals surface area contributed by atoms with Crippen LogP contribution in [0.3, 0.4) is 0 Å². The standard InChI is InChI=1S/C15H14N2O/c1-10-2-3-11-8-12(4-6-14(11)17-10)15-7-5-13(9-16)18-15/h2-8H,9,16H2,1H3. The predicted molar refractivity (Wildman–Crippen MR) is 72.1 cm³/mol. The van der Waals surface area contributed by atoms with Crippen LogP contribution in [0.5, 0.6) is 0 Å². The quantitative estimate of drug-likeness (QED) is 0.745. The highest BCUT2D eigenvalue weighted by atomic mass is 16.3. The van der Waals surface area contributed by atoms with E-state index in [0.717, 1.165) is 33.7 Å². The maximum Gasteiger partial charge on any atom is 0.134 e. The summed E-state index contributed by atoms with van der Waals surface area (Å²) in [4.78, 5) is 4.48. The van der Waals surface area contributed by atoms with Gasteiger partial charge in [0.05, 0.1) is 12.1 Å². The van der Waals surface area contributed by atoms with Crippen molar-refractivity contribution in [3.05, 3.63) is 53.9 Å². The Morgan fingerprint density at radius 3 is 2.78 bits per heavy atom. The second kappa shape index (κ2) is 4.27. The van der Waals surface area contributed by atoms with Crippen molar-refractivity contribution in [1.29, 1.82) is 0 Å². The van der Waals surface area contributed by atoms with Crippen LogP contribution in [-0.2, 0) is 6.54 Å². The molecule has 1 aromatic carbocycles. The maximum absolute atomic E-state index is 5.65. The summed E-state index contributed by atoms with van der Waals surface area (Å²) < 4.78 is 5.65. The van der Waals surface area contributed by atoms with Gasteiger partial charge < -0.3 is 10.2 Å². The lowest BCUT2D eigenvalue weighted by atomic mass is 10.1. The molecule has 90 valence electrons. The third-order valence-electron chi connectivity index (χ3n) is 2.98. The number of rotatable bonds is 2. The normalized spacial score (nSPS) is 11.0. The zero-order valence-electron chi connectivity index (χ0n) is 10.2. The van der Waals surface area contributed by atoms with E-state index in [1.54, 1.807) is 0 Å². The SMILES string of the molecule is Cc1ccc2cc(-c3ccc(CN)o3)ccc2n1. The van der Waals surface area contributed by atoms with E-state index < -0.39 is 0 Å². The van der Waals surface area contributed by atoms with E-state index in [1.165, 1.54) is 0 Å². The van der Waals surface area contributed by atoms with E-state index in [4.69, 9.17) is 10.2 Å². The molecule has 0 amide bonds. The van der Waals surface area contributed by atoms with Crippen LogP contribution in [0.4, 0.5) is 0 Å². The van der Waals surface area contributed by atoms with Crippen molar-refractivity contribution in [2.75, 3.05) is 0 Å². The zero-order valence-corrected chi connectivity index (χ0v) is 10.2. The molecule has 0 aliphatic rings. The van der Waals surface area contributed by atoms with Gasteiger partial charge in [0.1, 0.15) is 11.5 Å². The van der Waals surface area contributed by atoms with Gasteiger partial charge >= 0.3 is 0 Å². The first-order valence-corrected chi connectivity index (χ1v) is 5.93. The molecule has 0 saturated carbocycles. The maximum atomic E-state index is 5.65. The fraction of sp³-hybridized carbons (Fsp3) is 0.133. The number of nitrogens with zero attached hydrogens (tertiary/aromatic N) is 1. The van der Waals surface area contributed by atoms with Crippen LogP contribution in [0.15, 0.2) is 46.9 Å². The number of hydrogen-bond acceptors (Lipinski definition) is 3. The summed E-state index contributed by atoms with van der Waals surface area (Å²) in [5, 5.41) is 1.11. The lowest BCUT2D eigenvalue weighted by molar-refractivity contribution is 0.525. The van der Waals surface area contributed by atoms with E-state index in [1.807, 2.05) is 37.3 Å². The van der Waals surface area contributed by atoms with Gasteiger partial charge in [-0.2, -0.15) is 0 Å². The minimum atomic E-state index is 0.425. The number of aromatic nitrogens is 1. The Morgan fingerprint density at radius 2 is 2.00 bits per heavy atom. The van der Waals surface area contributed by atoms with Crippen LogP contribution >= 0.6 is 0 Å². The van der Waals surface area contributed by atoms with Crippen LogP contribution in [0.1, 0.15) is 11.5 Å². The Kier molecular flexibility index (Phi) is 2.61. The first kappa shape index (κ1) is 11.0. The Morgan fingerprint density at radius 1 is 1.11 bits per heavy atom. The molecule has 0 radical (unpaired) electrons. The van der Waals surface area contributed by atoms with Crippen molar-refractivity contribution >= 4 is 10.9 Å². The average molecular weight is 238 g/mol. The Balaban J connectivity index is 2.10. The highest BCUT2D eigenvalue weighted by Crippen LogP contribution is 2.25. The van der Waals surface area contributed by atoms with Gasteiger partial charge in [-0.05, 0) is 43.3 Å². The molecule has 0 aliphatic heterocycles. The van der Waals surface area contributed by atoms with Crippen LogP contribution < -0.4 is 5.73 Å². The van der Waals surface area contributed by atoms with Crippen molar-refractivity contribution in [2.24, 2.45) is 5.73 Å². The first-order chi connectivity index (χ1) is 8.76. The Labute approximate surface area is 105 Å². The number of benzene rings is 1. The third-order valence-corrected chi connectivity index (χ3v) is 2.98. The summed E-state index contributed by atoms with van der Waals surface area (Å²) in [5.74, 6) is 1.64. The van der Waals surface area contributed by atoms with E-state index in [9.17, 15) is 0 Å². The van der Waals surface area contributed by atoms with Gasteiger partial charge in [-0.15, -0.1) is 0 Å². The largest absolute Gasteiger partial charge is 0.460 e. The molecule has 0 atom stereocenters. The number of pyridine rings is 1. The summed E-state index contributed by atoms with van der Waals surface area (Å²) in [6.45, 7) is 2.42. The molecule has 0 bridgehead atoms. The van der Waals surface area contributed by atoms with Crippen molar-refractivity contribution in [3.63, 3.8) is 0 Å². The number of aryl methyl sites for hydroxylation is 1. The smallest absolute Gasteiger partial charge is 0.134 e. The highest BCUT2D eigenvalue weighted by Gasteiger charge is 2.05. The highest BCUT2D eigenvalue weighted by molar-refractivity contribution is 5.83. The molecule has 0 fully saturated rings. The number of nitrogens with two attached hydrogens (primary N) is 1. The Bertz CT molecular complexity index is 701. The minimum absolute atomic E-state index is 0.425. The topological polar surface area (TPSA) is 52.0 Å². The van der Waals surface area contributed by atoms with Crippen molar-refractivity contribution < 1.29 is 4.42 Å². The summed E-state index contributed by atoms with van der Waals surface area (Å²) in [7, 11) is 0. The number of hydrogen-bond donors (Lipinski definition) is 1. The van der Waals surface area contributed by atoms with E-state index in [2.05, 4.69) is 17.1 Å². The van der Waals surface area contributed by atoms with Gasteiger partial charge in [-0.1, -0.05) is 6.07 Å². The molecule has 3 nitrogen and oxygen atoms in total. The van der Waals surface area contributed by atoms with Crippen LogP contribution in [0, 0.1) is 6.92 Å². The monoisotopic (exact) mass is 238 g/mol. The summed E-state index contributed by atoms with van der Waals surface area (Å²) in [5.41, 5.74) is 8.62. The molecule has 0 unspecified atom stereocenters. The molecule has 0 spiro atoms. The van der Waals surface area contributed by atoms with Crippen LogP contribution in [0.2, 0.25) is 0 Å². The molecule has 18 heavy (non-hydrogen) atoms. The second-order valence-electron chi connectivity index (χ2n) is 4.33. The second-order valence-corrected chi connectivity index (χ2v) is 4.33. The van der Waals surface area contributed by atoms with Crippen molar-refractivity contribution in [3.8, 4) is 11.3 Å². The number of fused-ring (bicyclic) bond motifs is 1. The van der Waals surface area contributed by atoms with Crippen LogP contribution in [0.25, 0.3) is 22.2 Å². The van der Waals surface area contributed by atoms with Gasteiger partial charge in [0.2, 0.25) is 0 Å². The molecule has 3 aromatic rings. The molecule has 0 aliphatic carbocycles. The van der Waals surface area contributed by atoms with E-state index in [-0.39, 0.29) is 0 Å². The van der Waals surface area contributed by atoms with Gasteiger partial charge in [0.15, 0.2) is 0 Å². The molecule has 3 rings (SSSR count). The Hall–Kier alpha value is -2.13. The average Bonchev–Trinajstić information content (AvgIpc) is 2.87.